The smallest absolute Gasteiger partial charge is 0.342 e. The number of alkyl halides is 3. The van der Waals surface area contributed by atoms with Crippen LogP contribution in [0.25, 0.3) is 0 Å². The zero-order valence-corrected chi connectivity index (χ0v) is 18.0. The fourth-order valence-corrected chi connectivity index (χ4v) is 4.65. The molecule has 10 heteroatoms. The average molecular weight is 454 g/mol. The molecular formula is C21H26F3N5OS. The summed E-state index contributed by atoms with van der Waals surface area (Å²) >= 11 is 1.38. The summed E-state index contributed by atoms with van der Waals surface area (Å²) in [5.41, 5.74) is 0.573. The van der Waals surface area contributed by atoms with E-state index < -0.39 is 11.7 Å². The van der Waals surface area contributed by atoms with E-state index in [1.807, 2.05) is 10.3 Å². The Morgan fingerprint density at radius 1 is 1.06 bits per heavy atom. The van der Waals surface area contributed by atoms with Gasteiger partial charge >= 0.3 is 6.18 Å². The van der Waals surface area contributed by atoms with Gasteiger partial charge in [-0.2, -0.15) is 13.2 Å². The van der Waals surface area contributed by atoms with E-state index in [1.54, 1.807) is 6.07 Å². The third kappa shape index (κ3) is 5.96. The SMILES string of the molecule is O=C(CN1CCN(Cc2csc(Nc3cccc(C(F)(F)F)c3)n2)CC1)N1CCCC1. The van der Waals surface area contributed by atoms with Gasteiger partial charge in [0.1, 0.15) is 0 Å². The molecule has 2 saturated heterocycles. The summed E-state index contributed by atoms with van der Waals surface area (Å²) in [6.07, 6.45) is -2.15. The molecule has 1 amide bonds. The third-order valence-electron chi connectivity index (χ3n) is 5.66. The number of hydrogen-bond donors (Lipinski definition) is 1. The Balaban J connectivity index is 1.25. The fraction of sp³-hybridized carbons (Fsp3) is 0.524. The lowest BCUT2D eigenvalue weighted by Gasteiger charge is -2.34. The molecule has 2 aliphatic rings. The molecule has 0 bridgehead atoms. The van der Waals surface area contributed by atoms with Crippen LogP contribution in [0.4, 0.5) is 24.0 Å². The first-order chi connectivity index (χ1) is 14.9. The highest BCUT2D eigenvalue weighted by atomic mass is 32.1. The number of anilines is 2. The van der Waals surface area contributed by atoms with Crippen molar-refractivity contribution in [2.45, 2.75) is 25.6 Å². The van der Waals surface area contributed by atoms with Crippen LogP contribution in [0.5, 0.6) is 0 Å². The van der Waals surface area contributed by atoms with Crippen LogP contribution in [0.2, 0.25) is 0 Å². The van der Waals surface area contributed by atoms with Crippen molar-refractivity contribution < 1.29 is 18.0 Å². The van der Waals surface area contributed by atoms with Gasteiger partial charge in [0.2, 0.25) is 5.91 Å². The molecule has 0 atom stereocenters. The Labute approximate surface area is 183 Å². The summed E-state index contributed by atoms with van der Waals surface area (Å²) in [4.78, 5) is 23.3. The lowest BCUT2D eigenvalue weighted by molar-refractivity contribution is -0.137. The third-order valence-corrected chi connectivity index (χ3v) is 6.47. The van der Waals surface area contributed by atoms with Crippen LogP contribution in [0.3, 0.4) is 0 Å². The topological polar surface area (TPSA) is 51.7 Å². The number of hydrogen-bond acceptors (Lipinski definition) is 6. The van der Waals surface area contributed by atoms with Crippen LogP contribution in [0.1, 0.15) is 24.1 Å². The number of thiazole rings is 1. The van der Waals surface area contributed by atoms with E-state index in [0.29, 0.717) is 23.9 Å². The molecule has 2 aromatic rings. The summed E-state index contributed by atoms with van der Waals surface area (Å²) in [7, 11) is 0. The molecule has 3 heterocycles. The summed E-state index contributed by atoms with van der Waals surface area (Å²) < 4.78 is 38.6. The first-order valence-electron chi connectivity index (χ1n) is 10.5. The van der Waals surface area contributed by atoms with Crippen molar-refractivity contribution in [2.24, 2.45) is 0 Å². The summed E-state index contributed by atoms with van der Waals surface area (Å²) in [5, 5.41) is 5.47. The van der Waals surface area contributed by atoms with Gasteiger partial charge in [-0.3, -0.25) is 14.6 Å². The van der Waals surface area contributed by atoms with E-state index in [0.717, 1.165) is 69.9 Å². The van der Waals surface area contributed by atoms with E-state index in [9.17, 15) is 18.0 Å². The molecule has 1 aromatic carbocycles. The maximum Gasteiger partial charge on any atom is 0.416 e. The van der Waals surface area contributed by atoms with E-state index in [-0.39, 0.29) is 5.91 Å². The highest BCUT2D eigenvalue weighted by Crippen LogP contribution is 2.32. The predicted octanol–water partition coefficient (Wildman–Crippen LogP) is 3.65. The van der Waals surface area contributed by atoms with Crippen molar-refractivity contribution in [1.29, 1.82) is 0 Å². The Morgan fingerprint density at radius 2 is 1.77 bits per heavy atom. The average Bonchev–Trinajstić information content (AvgIpc) is 3.42. The molecule has 2 aliphatic heterocycles. The summed E-state index contributed by atoms with van der Waals surface area (Å²) in [5.74, 6) is 0.232. The molecule has 2 fully saturated rings. The van der Waals surface area contributed by atoms with Gasteiger partial charge < -0.3 is 10.2 Å². The lowest BCUT2D eigenvalue weighted by Crippen LogP contribution is -2.49. The Hall–Kier alpha value is -2.17. The van der Waals surface area contributed by atoms with Crippen molar-refractivity contribution in [3.63, 3.8) is 0 Å². The number of carbonyl (C=O) groups is 1. The van der Waals surface area contributed by atoms with Gasteiger partial charge in [0.05, 0.1) is 17.8 Å². The molecule has 1 N–H and O–H groups in total. The van der Waals surface area contributed by atoms with Crippen molar-refractivity contribution in [2.75, 3.05) is 51.1 Å². The second kappa shape index (κ2) is 9.54. The van der Waals surface area contributed by atoms with E-state index in [2.05, 4.69) is 20.1 Å². The Kier molecular flexibility index (Phi) is 6.78. The number of carbonyl (C=O) groups excluding carboxylic acids is 1. The highest BCUT2D eigenvalue weighted by Gasteiger charge is 2.30. The van der Waals surface area contributed by atoms with Gasteiger partial charge in [0, 0.05) is 56.9 Å². The van der Waals surface area contributed by atoms with Gasteiger partial charge in [0.25, 0.3) is 0 Å². The number of amides is 1. The largest absolute Gasteiger partial charge is 0.416 e. The first kappa shape index (κ1) is 22.0. The molecule has 0 saturated carbocycles. The number of benzene rings is 1. The van der Waals surface area contributed by atoms with Crippen molar-refractivity contribution in [1.82, 2.24) is 19.7 Å². The number of nitrogens with one attached hydrogen (secondary N) is 1. The lowest BCUT2D eigenvalue weighted by atomic mass is 10.2. The number of rotatable bonds is 6. The summed E-state index contributed by atoms with van der Waals surface area (Å²) in [6, 6.07) is 5.12. The zero-order valence-electron chi connectivity index (χ0n) is 17.2. The molecule has 0 aliphatic carbocycles. The van der Waals surface area contributed by atoms with E-state index >= 15 is 0 Å². The van der Waals surface area contributed by atoms with Crippen LogP contribution in [-0.2, 0) is 17.5 Å². The predicted molar refractivity (Wildman–Crippen MR) is 114 cm³/mol. The molecule has 0 unspecified atom stereocenters. The van der Waals surface area contributed by atoms with Gasteiger partial charge in [-0.25, -0.2) is 4.98 Å². The molecular weight excluding hydrogens is 427 g/mol. The second-order valence-electron chi connectivity index (χ2n) is 7.99. The second-order valence-corrected chi connectivity index (χ2v) is 8.85. The minimum atomic E-state index is -4.37. The van der Waals surface area contributed by atoms with Gasteiger partial charge in [0.15, 0.2) is 5.13 Å². The monoisotopic (exact) mass is 453 g/mol. The number of piperazine rings is 1. The number of likely N-dealkylation sites (tertiary alicyclic amines) is 1. The molecule has 31 heavy (non-hydrogen) atoms. The first-order valence-corrected chi connectivity index (χ1v) is 11.4. The number of aromatic nitrogens is 1. The van der Waals surface area contributed by atoms with Crippen LogP contribution < -0.4 is 5.32 Å². The van der Waals surface area contributed by atoms with E-state index in [1.165, 1.54) is 17.4 Å². The van der Waals surface area contributed by atoms with E-state index in [4.69, 9.17) is 0 Å². The molecule has 0 radical (unpaired) electrons. The normalized spacial score (nSPS) is 18.5. The van der Waals surface area contributed by atoms with Gasteiger partial charge in [-0.1, -0.05) is 6.07 Å². The molecule has 1 aromatic heterocycles. The van der Waals surface area contributed by atoms with Crippen molar-refractivity contribution >= 4 is 28.1 Å². The molecule has 0 spiro atoms. The highest BCUT2D eigenvalue weighted by molar-refractivity contribution is 7.13. The molecule has 4 rings (SSSR count). The van der Waals surface area contributed by atoms with Crippen LogP contribution in [0.15, 0.2) is 29.6 Å². The van der Waals surface area contributed by atoms with Crippen molar-refractivity contribution in [3.05, 3.63) is 40.9 Å². The number of nitrogens with zero attached hydrogens (tertiary/aromatic N) is 4. The maximum absolute atomic E-state index is 12.9. The van der Waals surface area contributed by atoms with Crippen LogP contribution >= 0.6 is 11.3 Å². The quantitative estimate of drug-likeness (QED) is 0.724. The fourth-order valence-electron chi connectivity index (χ4n) is 3.93. The standard InChI is InChI=1S/C21H26F3N5OS/c22-21(23,24)16-4-3-5-17(12-16)25-20-26-18(15-31-20)13-27-8-10-28(11-9-27)14-19(30)29-6-1-2-7-29/h3-5,12,15H,1-2,6-11,13-14H2,(H,25,26). The van der Waals surface area contributed by atoms with Gasteiger partial charge in [-0.15, -0.1) is 11.3 Å². The Morgan fingerprint density at radius 3 is 2.48 bits per heavy atom. The van der Waals surface area contributed by atoms with Crippen LogP contribution in [-0.4, -0.2) is 71.4 Å². The molecule has 168 valence electrons. The minimum Gasteiger partial charge on any atom is -0.342 e. The zero-order chi connectivity index (χ0) is 21.8. The Bertz CT molecular complexity index is 889. The minimum absolute atomic E-state index is 0.232. The maximum atomic E-state index is 12.9. The molecule has 6 nitrogen and oxygen atoms in total. The van der Waals surface area contributed by atoms with Gasteiger partial charge in [-0.05, 0) is 31.0 Å². The summed E-state index contributed by atoms with van der Waals surface area (Å²) in [6.45, 7) is 6.38. The number of halogens is 3. The van der Waals surface area contributed by atoms with Crippen LogP contribution in [0, 0.1) is 0 Å². The van der Waals surface area contributed by atoms with Crippen molar-refractivity contribution in [3.8, 4) is 0 Å².